The molecule has 1 aliphatic heterocycles. The number of imidazole rings is 4. The molecule has 8 aromatic carbocycles. The molecule has 1 fully saturated rings. The number of pyridine rings is 3. The normalized spacial score (nSPS) is 11.7. The average molecular weight is 1610 g/mol. The number of amides is 4. The van der Waals surface area contributed by atoms with Gasteiger partial charge in [0.2, 0.25) is 5.75 Å². The number of fused-ring (bicyclic) bond motifs is 4. The number of aromatic nitrogens is 8. The predicted octanol–water partition coefficient (Wildman–Crippen LogP) is 16.6. The maximum Gasteiger partial charge on any atom is 0.255 e. The Labute approximate surface area is 690 Å². The minimum absolute atomic E-state index is 0.144. The summed E-state index contributed by atoms with van der Waals surface area (Å²) in [6.07, 6.45) is 15.8. The number of carbonyl (C=O) groups is 4. The molecule has 602 valence electrons. The molecule has 5 N–H and O–H groups in total. The van der Waals surface area contributed by atoms with Gasteiger partial charge in [-0.05, 0) is 127 Å². The van der Waals surface area contributed by atoms with Crippen molar-refractivity contribution in [1.29, 1.82) is 0 Å². The molecule has 1 aliphatic rings. The van der Waals surface area contributed by atoms with E-state index >= 15 is 0 Å². The van der Waals surface area contributed by atoms with E-state index in [1.54, 1.807) is 81.2 Å². The second-order valence-corrected chi connectivity index (χ2v) is 28.4. The molecule has 0 aliphatic carbocycles. The highest BCUT2D eigenvalue weighted by Gasteiger charge is 2.23. The maximum atomic E-state index is 13.0. The molecule has 0 bridgehead atoms. The van der Waals surface area contributed by atoms with Crippen LogP contribution in [0.1, 0.15) is 46.3 Å². The predicted molar refractivity (Wildman–Crippen MR) is 466 cm³/mol. The summed E-state index contributed by atoms with van der Waals surface area (Å²) in [5.74, 6) is 2.51. The number of anilines is 5. The highest BCUT2D eigenvalue weighted by Crippen LogP contribution is 2.40. The van der Waals surface area contributed by atoms with Crippen LogP contribution in [-0.4, -0.2) is 156 Å². The Morgan fingerprint density at radius 2 is 0.731 bits per heavy atom. The number of rotatable bonds is 22. The van der Waals surface area contributed by atoms with Gasteiger partial charge in [0.15, 0.2) is 39.5 Å². The Bertz CT molecular complexity index is 6150. The number of benzene rings is 8. The monoisotopic (exact) mass is 1610 g/mol. The van der Waals surface area contributed by atoms with Crippen LogP contribution in [0.4, 0.5) is 28.4 Å². The van der Waals surface area contributed by atoms with Crippen molar-refractivity contribution in [1.82, 2.24) is 47.8 Å². The zero-order chi connectivity index (χ0) is 82.9. The van der Waals surface area contributed by atoms with Crippen molar-refractivity contribution in [3.8, 4) is 85.3 Å². The Balaban J connectivity index is 0.000000131. The van der Waals surface area contributed by atoms with E-state index in [0.29, 0.717) is 79.6 Å². The molecule has 8 aromatic heterocycles. The molecule has 16 aromatic rings. The van der Waals surface area contributed by atoms with E-state index in [1.165, 1.54) is 33.3 Å². The van der Waals surface area contributed by atoms with Crippen molar-refractivity contribution < 1.29 is 52.3 Å². The maximum absolute atomic E-state index is 13.0. The summed E-state index contributed by atoms with van der Waals surface area (Å²) in [5.41, 5.74) is 14.9. The highest BCUT2D eigenvalue weighted by molar-refractivity contribution is 7.17. The van der Waals surface area contributed by atoms with Crippen molar-refractivity contribution in [3.63, 3.8) is 0 Å². The number of para-hydroxylation sites is 4. The van der Waals surface area contributed by atoms with Gasteiger partial charge in [-0.2, -0.15) is 0 Å². The number of nitrogens with one attached hydrogen (secondary N) is 5. The number of piperazine rings is 1. The molecule has 0 saturated carbocycles. The minimum atomic E-state index is -0.300. The molecule has 119 heavy (non-hydrogen) atoms. The topological polar surface area (TPSA) is 269 Å². The summed E-state index contributed by atoms with van der Waals surface area (Å²) in [5, 5.41) is 15.4. The third-order valence-corrected chi connectivity index (χ3v) is 20.5. The van der Waals surface area contributed by atoms with E-state index in [9.17, 15) is 19.2 Å². The molecule has 0 unspecified atom stereocenters. The van der Waals surface area contributed by atoms with Crippen LogP contribution in [0, 0.1) is 0 Å². The van der Waals surface area contributed by atoms with E-state index in [0.717, 1.165) is 111 Å². The molecular weight excluding hydrogens is 1520 g/mol. The summed E-state index contributed by atoms with van der Waals surface area (Å²) in [4.78, 5) is 77.1. The van der Waals surface area contributed by atoms with Crippen LogP contribution in [0.2, 0.25) is 0 Å². The van der Waals surface area contributed by atoms with Crippen LogP contribution in [0.3, 0.4) is 0 Å². The van der Waals surface area contributed by atoms with Crippen LogP contribution < -0.4 is 64.6 Å². The van der Waals surface area contributed by atoms with Crippen molar-refractivity contribution in [2.45, 2.75) is 6.54 Å². The van der Waals surface area contributed by atoms with Gasteiger partial charge in [0.1, 0.15) is 16.9 Å². The number of thiazole rings is 1. The van der Waals surface area contributed by atoms with Crippen LogP contribution >= 0.6 is 11.3 Å². The van der Waals surface area contributed by atoms with E-state index in [1.807, 2.05) is 251 Å². The van der Waals surface area contributed by atoms with Gasteiger partial charge in [-0.25, -0.2) is 19.9 Å². The van der Waals surface area contributed by atoms with E-state index in [4.69, 9.17) is 38.1 Å². The minimum Gasteiger partial charge on any atom is -0.493 e. The summed E-state index contributed by atoms with van der Waals surface area (Å²) in [7, 11) is 14.7. The van der Waals surface area contributed by atoms with Gasteiger partial charge in [0.25, 0.3) is 23.6 Å². The fraction of sp³-hybridized carbons (Fsp3) is 0.152. The molecule has 17 rings (SSSR count). The van der Waals surface area contributed by atoms with Crippen LogP contribution in [0.25, 0.3) is 66.9 Å². The van der Waals surface area contributed by atoms with Gasteiger partial charge in [-0.3, -0.25) is 28.5 Å². The zero-order valence-electron chi connectivity index (χ0n) is 66.9. The fourth-order valence-corrected chi connectivity index (χ4v) is 14.5. The lowest BCUT2D eigenvalue weighted by atomic mass is 10.1. The Hall–Kier alpha value is -14.8. The molecule has 0 radical (unpaired) electrons. The second kappa shape index (κ2) is 37.7. The first-order chi connectivity index (χ1) is 58.1. The Kier molecular flexibility index (Phi) is 25.6. The summed E-state index contributed by atoms with van der Waals surface area (Å²) < 4.78 is 45.1. The van der Waals surface area contributed by atoms with Crippen LogP contribution in [-0.2, 0) is 6.54 Å². The van der Waals surface area contributed by atoms with Gasteiger partial charge in [0, 0.05) is 151 Å². The second-order valence-electron chi connectivity index (χ2n) is 27.3. The third-order valence-electron chi connectivity index (χ3n) is 19.5. The molecule has 4 amide bonds. The lowest BCUT2D eigenvalue weighted by Gasteiger charge is -2.26. The van der Waals surface area contributed by atoms with Gasteiger partial charge < -0.3 is 77.8 Å². The molecule has 9 heterocycles. The molecular formula is C92H87N15O11S. The van der Waals surface area contributed by atoms with Crippen molar-refractivity contribution in [3.05, 3.63) is 301 Å². The first-order valence-corrected chi connectivity index (χ1v) is 38.8. The number of methoxy groups -OCH3 is 7. The van der Waals surface area contributed by atoms with E-state index in [-0.39, 0.29) is 23.6 Å². The molecule has 0 atom stereocenters. The smallest absolute Gasteiger partial charge is 0.255 e. The number of hydrogen-bond acceptors (Lipinski definition) is 19. The lowest BCUT2D eigenvalue weighted by Crippen LogP contribution is -2.42. The van der Waals surface area contributed by atoms with Crippen LogP contribution in [0.5, 0.6) is 40.2 Å². The Morgan fingerprint density at radius 3 is 1.11 bits per heavy atom. The van der Waals surface area contributed by atoms with Crippen molar-refractivity contribution in [2.75, 3.05) is 116 Å². The summed E-state index contributed by atoms with van der Waals surface area (Å²) in [6.45, 7) is 5.16. The van der Waals surface area contributed by atoms with E-state index < -0.39 is 0 Å². The quantitative estimate of drug-likeness (QED) is 0.0422. The van der Waals surface area contributed by atoms with Gasteiger partial charge in [-0.1, -0.05) is 108 Å². The van der Waals surface area contributed by atoms with Crippen molar-refractivity contribution in [2.24, 2.45) is 0 Å². The molecule has 26 nitrogen and oxygen atoms in total. The zero-order valence-corrected chi connectivity index (χ0v) is 67.7. The SMILES string of the molecule is CN(C)c1cccc(C(=O)Nc2ccccc2-c2cn3ccccc3n2)c1.COc1cc(C(=O)Nc2ccccc2-c2cn3ccccc3n2)cc(OC)c1OC.COc1ccc(C(=O)Nc2ccccc2-c2cn3cc(CN4CCNCC4)sc3n2)cc1OC.COc1ccc(C(=O)Nc2ccccc2-c2cn3ccccc3n2)cc1OC. The first-order valence-electron chi connectivity index (χ1n) is 38.0. The number of nitrogens with zero attached hydrogens (tertiary/aromatic N) is 10. The number of carbonyl (C=O) groups excluding carboxylic acids is 4. The van der Waals surface area contributed by atoms with Crippen LogP contribution in [0.15, 0.2) is 274 Å². The first kappa shape index (κ1) is 80.8. The third kappa shape index (κ3) is 18.9. The fourth-order valence-electron chi connectivity index (χ4n) is 13.5. The largest absolute Gasteiger partial charge is 0.493 e. The lowest BCUT2D eigenvalue weighted by molar-refractivity contribution is 0.101. The molecule has 27 heteroatoms. The highest BCUT2D eigenvalue weighted by atomic mass is 32.1. The van der Waals surface area contributed by atoms with Gasteiger partial charge in [0.05, 0.1) is 95.3 Å². The van der Waals surface area contributed by atoms with Gasteiger partial charge in [-0.15, -0.1) is 0 Å². The Morgan fingerprint density at radius 1 is 0.370 bits per heavy atom. The van der Waals surface area contributed by atoms with Crippen molar-refractivity contribution >= 4 is 85.3 Å². The number of ether oxygens (including phenoxy) is 7. The summed E-state index contributed by atoms with van der Waals surface area (Å²) in [6, 6.07) is 69.0. The summed E-state index contributed by atoms with van der Waals surface area (Å²) >= 11 is 1.71. The van der Waals surface area contributed by atoms with E-state index in [2.05, 4.69) is 57.0 Å². The molecule has 1 saturated heterocycles. The standard InChI is InChI=1S/C25H27N5O3S.C23H21N3O4.C22H20N4O.C22H19N3O3/c1-32-22-8-7-17(13-23(22)33-2)24(31)27-20-6-4-3-5-19(20)21-16-30-15-18(34-25(30)28-21)14-29-11-9-26-10-12-29;1-28-19-12-15(13-20(29-2)22(19)30-3)23(27)25-17-9-5-4-8-16(17)18-14-26-11-7-6-10-21(26)24-18;1-25(2)17-9-7-8-16(14-17)22(27)24-19-11-4-3-10-18(19)20-15-26-13-6-5-12-21(26)23-20;1-27-19-11-10-15(13-20(19)28-2)22(26)24-17-8-4-3-7-16(17)18-14-25-12-6-5-9-21(25)23-18/h3-8,13,15-16,26H,9-12,14H2,1-2H3,(H,27,31);4-14H,1-3H3,(H,25,27);3-15H,1-2H3,(H,24,27);3-14H,1-2H3,(H,24,26). The van der Waals surface area contributed by atoms with Gasteiger partial charge >= 0.3 is 0 Å². The molecule has 0 spiro atoms. The average Bonchev–Trinajstić information content (AvgIpc) is 1.73. The number of hydrogen-bond donors (Lipinski definition) is 5.